The molecule has 6 heteroatoms. The van der Waals surface area contributed by atoms with Crippen LogP contribution in [0, 0.1) is 5.92 Å². The Morgan fingerprint density at radius 3 is 2.56 bits per heavy atom. The van der Waals surface area contributed by atoms with Crippen LogP contribution in [0.15, 0.2) is 34.2 Å². The Bertz CT molecular complexity index is 782. The fourth-order valence-electron chi connectivity index (χ4n) is 2.68. The molecule has 2 aromatic rings. The van der Waals surface area contributed by atoms with Gasteiger partial charge in [-0.3, -0.25) is 14.2 Å². The van der Waals surface area contributed by atoms with Crippen molar-refractivity contribution in [2.75, 3.05) is 5.75 Å². The molecule has 2 rings (SSSR count). The van der Waals surface area contributed by atoms with Gasteiger partial charge in [-0.15, -0.1) is 0 Å². The number of hydrogen-bond acceptors (Lipinski definition) is 4. The van der Waals surface area contributed by atoms with E-state index < -0.39 is 0 Å². The fourth-order valence-corrected chi connectivity index (χ4v) is 3.50. The first-order valence-electron chi connectivity index (χ1n) is 8.87. The van der Waals surface area contributed by atoms with E-state index in [0.717, 1.165) is 12.8 Å². The summed E-state index contributed by atoms with van der Waals surface area (Å²) in [5, 5.41) is 4.25. The maximum atomic E-state index is 12.8. The molecule has 0 aliphatic heterocycles. The van der Waals surface area contributed by atoms with E-state index in [1.165, 1.54) is 11.8 Å². The van der Waals surface area contributed by atoms with Crippen LogP contribution in [0.4, 0.5) is 0 Å². The molecule has 25 heavy (non-hydrogen) atoms. The number of hydrogen-bond donors (Lipinski definition) is 1. The van der Waals surface area contributed by atoms with Gasteiger partial charge in [-0.05, 0) is 30.9 Å². The van der Waals surface area contributed by atoms with Crippen molar-refractivity contribution in [2.45, 2.75) is 58.3 Å². The molecule has 0 unspecified atom stereocenters. The predicted octanol–water partition coefficient (Wildman–Crippen LogP) is 3.45. The molecule has 0 saturated heterocycles. The van der Waals surface area contributed by atoms with Crippen LogP contribution in [0.5, 0.6) is 0 Å². The summed E-state index contributed by atoms with van der Waals surface area (Å²) < 4.78 is 1.70. The lowest BCUT2D eigenvalue weighted by atomic mass is 10.2. The number of aromatic nitrogens is 2. The number of nitrogens with one attached hydrogen (secondary N) is 1. The third-order valence-electron chi connectivity index (χ3n) is 4.06. The van der Waals surface area contributed by atoms with Crippen molar-refractivity contribution in [1.29, 1.82) is 0 Å². The molecule has 1 aromatic heterocycles. The van der Waals surface area contributed by atoms with E-state index in [4.69, 9.17) is 0 Å². The minimum Gasteiger partial charge on any atom is -0.353 e. The molecule has 1 heterocycles. The minimum atomic E-state index is -0.0396. The van der Waals surface area contributed by atoms with Crippen LogP contribution >= 0.6 is 11.8 Å². The number of benzene rings is 1. The maximum Gasteiger partial charge on any atom is 0.262 e. The largest absolute Gasteiger partial charge is 0.353 e. The Morgan fingerprint density at radius 2 is 1.92 bits per heavy atom. The highest BCUT2D eigenvalue weighted by Crippen LogP contribution is 2.19. The summed E-state index contributed by atoms with van der Waals surface area (Å²) >= 11 is 1.33. The van der Waals surface area contributed by atoms with Crippen molar-refractivity contribution in [3.8, 4) is 0 Å². The van der Waals surface area contributed by atoms with Crippen LogP contribution in [-0.4, -0.2) is 27.3 Å². The number of carbonyl (C=O) groups is 1. The van der Waals surface area contributed by atoms with E-state index in [-0.39, 0.29) is 23.3 Å². The molecule has 0 atom stereocenters. The van der Waals surface area contributed by atoms with Gasteiger partial charge >= 0.3 is 0 Å². The molecule has 0 fully saturated rings. The first kappa shape index (κ1) is 19.5. The van der Waals surface area contributed by atoms with E-state index >= 15 is 0 Å². The summed E-state index contributed by atoms with van der Waals surface area (Å²) in [6.45, 7) is 8.85. The zero-order valence-electron chi connectivity index (χ0n) is 15.4. The fraction of sp³-hybridized carbons (Fsp3) is 0.526. The van der Waals surface area contributed by atoms with E-state index in [0.29, 0.717) is 28.5 Å². The zero-order valence-corrected chi connectivity index (χ0v) is 16.2. The molecule has 0 bridgehead atoms. The molecule has 0 saturated carbocycles. The molecule has 0 aliphatic carbocycles. The highest BCUT2D eigenvalue weighted by molar-refractivity contribution is 7.99. The molecule has 0 radical (unpaired) electrons. The van der Waals surface area contributed by atoms with Crippen molar-refractivity contribution in [1.82, 2.24) is 14.9 Å². The number of rotatable bonds is 8. The van der Waals surface area contributed by atoms with Crippen LogP contribution < -0.4 is 10.9 Å². The average molecular weight is 362 g/mol. The van der Waals surface area contributed by atoms with Crippen LogP contribution in [0.1, 0.15) is 40.5 Å². The predicted molar refractivity (Wildman–Crippen MR) is 104 cm³/mol. The average Bonchev–Trinajstić information content (AvgIpc) is 2.60. The van der Waals surface area contributed by atoms with Gasteiger partial charge in [0.25, 0.3) is 5.56 Å². The van der Waals surface area contributed by atoms with Gasteiger partial charge in [-0.1, -0.05) is 51.6 Å². The van der Waals surface area contributed by atoms with Gasteiger partial charge in [0.05, 0.1) is 16.7 Å². The first-order valence-corrected chi connectivity index (χ1v) is 9.86. The Hall–Kier alpha value is -1.82. The van der Waals surface area contributed by atoms with Gasteiger partial charge in [0.15, 0.2) is 5.16 Å². The SMILES string of the molecule is CCC(CC)NC(=O)CSc1nc2ccccc2c(=O)n1CC(C)C. The second kappa shape index (κ2) is 9.04. The highest BCUT2D eigenvalue weighted by Gasteiger charge is 2.15. The summed E-state index contributed by atoms with van der Waals surface area (Å²) in [5.41, 5.74) is 0.637. The number of amides is 1. The summed E-state index contributed by atoms with van der Waals surface area (Å²) in [7, 11) is 0. The lowest BCUT2D eigenvalue weighted by Gasteiger charge is -2.16. The van der Waals surface area contributed by atoms with Crippen molar-refractivity contribution in [3.05, 3.63) is 34.6 Å². The van der Waals surface area contributed by atoms with Crippen molar-refractivity contribution in [2.24, 2.45) is 5.92 Å². The molecule has 1 N–H and O–H groups in total. The number of nitrogens with zero attached hydrogens (tertiary/aromatic N) is 2. The van der Waals surface area contributed by atoms with Crippen LogP contribution in [0.3, 0.4) is 0 Å². The van der Waals surface area contributed by atoms with E-state index in [9.17, 15) is 9.59 Å². The maximum absolute atomic E-state index is 12.8. The van der Waals surface area contributed by atoms with Crippen LogP contribution in [0.2, 0.25) is 0 Å². The summed E-state index contributed by atoms with van der Waals surface area (Å²) in [6.07, 6.45) is 1.83. The summed E-state index contributed by atoms with van der Waals surface area (Å²) in [5.74, 6) is 0.565. The second-order valence-corrected chi connectivity index (χ2v) is 7.53. The molecule has 1 aromatic carbocycles. The van der Waals surface area contributed by atoms with Crippen molar-refractivity contribution < 1.29 is 4.79 Å². The van der Waals surface area contributed by atoms with E-state index in [2.05, 4.69) is 38.0 Å². The van der Waals surface area contributed by atoms with Gasteiger partial charge in [0.2, 0.25) is 5.91 Å². The summed E-state index contributed by atoms with van der Waals surface area (Å²) in [6, 6.07) is 7.56. The Morgan fingerprint density at radius 1 is 1.24 bits per heavy atom. The first-order chi connectivity index (χ1) is 12.0. The lowest BCUT2D eigenvalue weighted by molar-refractivity contribution is -0.119. The van der Waals surface area contributed by atoms with E-state index in [1.807, 2.05) is 18.2 Å². The molecule has 0 aliphatic rings. The van der Waals surface area contributed by atoms with Crippen molar-refractivity contribution >= 4 is 28.6 Å². The molecular weight excluding hydrogens is 334 g/mol. The molecule has 0 spiro atoms. The monoisotopic (exact) mass is 361 g/mol. The number of carbonyl (C=O) groups excluding carboxylic acids is 1. The number of thioether (sulfide) groups is 1. The Balaban J connectivity index is 2.26. The molecule has 136 valence electrons. The standard InChI is InChI=1S/C19H27N3O2S/c1-5-14(6-2)20-17(23)12-25-19-21-16-10-8-7-9-15(16)18(24)22(19)11-13(3)4/h7-10,13-14H,5-6,11-12H2,1-4H3,(H,20,23). The summed E-state index contributed by atoms with van der Waals surface area (Å²) in [4.78, 5) is 29.6. The molecular formula is C19H27N3O2S. The highest BCUT2D eigenvalue weighted by atomic mass is 32.2. The van der Waals surface area contributed by atoms with Gasteiger partial charge < -0.3 is 5.32 Å². The Kier molecular flexibility index (Phi) is 7.05. The van der Waals surface area contributed by atoms with Gasteiger partial charge in [0.1, 0.15) is 0 Å². The third kappa shape index (κ3) is 5.08. The van der Waals surface area contributed by atoms with E-state index in [1.54, 1.807) is 10.6 Å². The zero-order chi connectivity index (χ0) is 18.4. The Labute approximate surface area is 153 Å². The minimum absolute atomic E-state index is 0.0165. The normalized spacial score (nSPS) is 11.4. The molecule has 5 nitrogen and oxygen atoms in total. The molecule has 1 amide bonds. The topological polar surface area (TPSA) is 64.0 Å². The third-order valence-corrected chi connectivity index (χ3v) is 5.03. The number of para-hydroxylation sites is 1. The van der Waals surface area contributed by atoms with Crippen molar-refractivity contribution in [3.63, 3.8) is 0 Å². The number of fused-ring (bicyclic) bond motifs is 1. The van der Waals surface area contributed by atoms with Gasteiger partial charge in [-0.2, -0.15) is 0 Å². The van der Waals surface area contributed by atoms with Crippen LogP contribution in [-0.2, 0) is 11.3 Å². The van der Waals surface area contributed by atoms with Gasteiger partial charge in [0, 0.05) is 12.6 Å². The van der Waals surface area contributed by atoms with Gasteiger partial charge in [-0.25, -0.2) is 4.98 Å². The smallest absolute Gasteiger partial charge is 0.262 e. The lowest BCUT2D eigenvalue weighted by Crippen LogP contribution is -2.35. The quantitative estimate of drug-likeness (QED) is 0.578. The second-order valence-electron chi connectivity index (χ2n) is 6.59. The van der Waals surface area contributed by atoms with Crippen LogP contribution in [0.25, 0.3) is 10.9 Å².